The topological polar surface area (TPSA) is 24.7 Å². The third-order valence-electron chi connectivity index (χ3n) is 3.62. The van der Waals surface area contributed by atoms with Gasteiger partial charge in [0.2, 0.25) is 0 Å². The minimum atomic E-state index is 0.519. The smallest absolute Gasteiger partial charge is 0.134 e. The second-order valence-electron chi connectivity index (χ2n) is 4.94. The molecule has 0 saturated heterocycles. The van der Waals surface area contributed by atoms with Crippen LogP contribution in [-0.2, 0) is 0 Å². The summed E-state index contributed by atoms with van der Waals surface area (Å²) in [6.07, 6.45) is 15.2. The van der Waals surface area contributed by atoms with Gasteiger partial charge in [-0.15, -0.1) is 0 Å². The fourth-order valence-electron chi connectivity index (χ4n) is 2.54. The van der Waals surface area contributed by atoms with Crippen LogP contribution in [0.15, 0.2) is 10.2 Å². The van der Waals surface area contributed by atoms with E-state index in [2.05, 4.69) is 10.2 Å². The van der Waals surface area contributed by atoms with Gasteiger partial charge in [-0.1, -0.05) is 57.8 Å². The van der Waals surface area contributed by atoms with Gasteiger partial charge in [-0.25, -0.2) is 0 Å². The van der Waals surface area contributed by atoms with Crippen LogP contribution in [0.2, 0.25) is 0 Å². The quantitative estimate of drug-likeness (QED) is 0.552. The molecule has 0 aromatic carbocycles. The van der Waals surface area contributed by atoms with Crippen LogP contribution in [0.1, 0.15) is 70.6 Å². The van der Waals surface area contributed by atoms with Crippen LogP contribution in [0.25, 0.3) is 0 Å². The van der Waals surface area contributed by atoms with E-state index in [-0.39, 0.29) is 0 Å². The van der Waals surface area contributed by atoms with Crippen LogP contribution < -0.4 is 0 Å². The Morgan fingerprint density at radius 3 is 1.93 bits per heavy atom. The molecule has 0 N–H and O–H groups in total. The Labute approximate surface area is 93.6 Å². The van der Waals surface area contributed by atoms with Gasteiger partial charge < -0.3 is 0 Å². The van der Waals surface area contributed by atoms with Crippen molar-refractivity contribution < 1.29 is 0 Å². The maximum absolute atomic E-state index is 4.23. The van der Waals surface area contributed by atoms with Crippen LogP contribution >= 0.6 is 0 Å². The lowest BCUT2D eigenvalue weighted by atomic mass is 9.95. The fourth-order valence-corrected chi connectivity index (χ4v) is 2.54. The molecule has 15 heavy (non-hydrogen) atoms. The molecule has 2 aliphatic rings. The average Bonchev–Trinajstić information content (AvgIpc) is 2.23. The van der Waals surface area contributed by atoms with Gasteiger partial charge in [0.05, 0.1) is 0 Å². The number of rotatable bonds is 0. The van der Waals surface area contributed by atoms with Gasteiger partial charge >= 0.3 is 0 Å². The van der Waals surface area contributed by atoms with Gasteiger partial charge in [0.25, 0.3) is 0 Å². The highest BCUT2D eigenvalue weighted by Crippen LogP contribution is 2.32. The molecule has 1 saturated carbocycles. The van der Waals surface area contributed by atoms with Gasteiger partial charge in [-0.2, -0.15) is 10.2 Å². The van der Waals surface area contributed by atoms with Crippen LogP contribution in [0.3, 0.4) is 0 Å². The third-order valence-corrected chi connectivity index (χ3v) is 3.62. The lowest BCUT2D eigenvalue weighted by Gasteiger charge is -2.25. The second-order valence-corrected chi connectivity index (χ2v) is 4.94. The van der Waals surface area contributed by atoms with Crippen molar-refractivity contribution in [1.29, 1.82) is 0 Å². The monoisotopic (exact) mass is 207 g/mol. The first-order valence-corrected chi connectivity index (χ1v) is 6.73. The highest BCUT2D eigenvalue weighted by atomic mass is 15.2. The van der Waals surface area contributed by atoms with E-state index in [1.165, 1.54) is 76.7 Å². The molecular formula is C13H23N2. The Morgan fingerprint density at radius 1 is 0.733 bits per heavy atom. The van der Waals surface area contributed by atoms with E-state index < -0.39 is 0 Å². The van der Waals surface area contributed by atoms with E-state index in [0.717, 1.165) is 0 Å². The predicted octanol–water partition coefficient (Wildman–Crippen LogP) is 4.66. The molecule has 1 fully saturated rings. The molecule has 0 bridgehead atoms. The molecule has 85 valence electrons. The van der Waals surface area contributed by atoms with Gasteiger partial charge in [0, 0.05) is 0 Å². The highest BCUT2D eigenvalue weighted by Gasteiger charge is 2.28. The number of hydrogen-bond acceptors (Lipinski definition) is 2. The maximum atomic E-state index is 4.23. The van der Waals surface area contributed by atoms with Crippen molar-refractivity contribution in [2.75, 3.05) is 0 Å². The molecule has 0 aromatic heterocycles. The van der Waals surface area contributed by atoms with Crippen molar-refractivity contribution >= 4 is 0 Å². The Balaban J connectivity index is 1.72. The van der Waals surface area contributed by atoms with Gasteiger partial charge in [0.1, 0.15) is 12.1 Å². The van der Waals surface area contributed by atoms with E-state index in [0.29, 0.717) is 6.04 Å². The lowest BCUT2D eigenvalue weighted by molar-refractivity contribution is 0.436. The van der Waals surface area contributed by atoms with Crippen LogP contribution in [0.5, 0.6) is 0 Å². The first-order valence-electron chi connectivity index (χ1n) is 6.73. The zero-order chi connectivity index (χ0) is 10.3. The molecule has 2 rings (SSSR count). The predicted molar refractivity (Wildman–Crippen MR) is 62.7 cm³/mol. The molecular weight excluding hydrogens is 184 g/mol. The largest absolute Gasteiger partial charge is 0.187 e. The summed E-state index contributed by atoms with van der Waals surface area (Å²) in [4.78, 5) is 0. The van der Waals surface area contributed by atoms with Gasteiger partial charge in [-0.05, 0) is 12.8 Å². The molecule has 2 heteroatoms. The zero-order valence-corrected chi connectivity index (χ0v) is 9.75. The molecule has 2 nitrogen and oxygen atoms in total. The molecule has 0 amide bonds. The third kappa shape index (κ3) is 3.58. The average molecular weight is 207 g/mol. The minimum Gasteiger partial charge on any atom is -0.187 e. The summed E-state index contributed by atoms with van der Waals surface area (Å²) in [7, 11) is 0. The van der Waals surface area contributed by atoms with Crippen molar-refractivity contribution in [1.82, 2.24) is 0 Å². The Bertz CT molecular complexity index is 181. The van der Waals surface area contributed by atoms with Crippen molar-refractivity contribution in [3.63, 3.8) is 0 Å². The normalized spacial score (nSPS) is 30.5. The summed E-state index contributed by atoms with van der Waals surface area (Å²) in [5.41, 5.74) is 0. The van der Waals surface area contributed by atoms with E-state index in [1.807, 2.05) is 0 Å². The van der Waals surface area contributed by atoms with Crippen molar-refractivity contribution in [3.05, 3.63) is 6.04 Å². The van der Waals surface area contributed by atoms with Crippen molar-refractivity contribution in [3.8, 4) is 0 Å². The molecule has 1 unspecified atom stereocenters. The molecule has 1 atom stereocenters. The number of azo groups is 1. The summed E-state index contributed by atoms with van der Waals surface area (Å²) in [5, 5.41) is 8.41. The van der Waals surface area contributed by atoms with E-state index in [9.17, 15) is 0 Å². The molecule has 0 spiro atoms. The summed E-state index contributed by atoms with van der Waals surface area (Å²) in [6.45, 7) is 0. The first-order chi connectivity index (χ1) is 7.47. The Morgan fingerprint density at radius 2 is 1.33 bits per heavy atom. The molecule has 1 aliphatic carbocycles. The van der Waals surface area contributed by atoms with Crippen molar-refractivity contribution in [2.24, 2.45) is 10.2 Å². The van der Waals surface area contributed by atoms with Crippen molar-refractivity contribution in [2.45, 2.75) is 76.7 Å². The Kier molecular flexibility index (Phi) is 4.62. The Hall–Kier alpha value is -0.400. The number of nitrogens with zero attached hydrogens (tertiary/aromatic N) is 2. The molecule has 1 heterocycles. The SMILES string of the molecule is C1CCCCC[C]2N=NC2CCCCC1. The van der Waals surface area contributed by atoms with E-state index in [4.69, 9.17) is 0 Å². The standard InChI is InChI=1S/C13H23N2/c1-2-4-6-8-10-12-13(15-14-12)11-9-7-5-3-1/h12H,1-11H2. The van der Waals surface area contributed by atoms with E-state index >= 15 is 0 Å². The second kappa shape index (κ2) is 6.24. The lowest BCUT2D eigenvalue weighted by Crippen LogP contribution is -2.21. The summed E-state index contributed by atoms with van der Waals surface area (Å²) in [6, 6.07) is 1.92. The summed E-state index contributed by atoms with van der Waals surface area (Å²) < 4.78 is 0. The zero-order valence-electron chi connectivity index (χ0n) is 9.75. The summed E-state index contributed by atoms with van der Waals surface area (Å²) >= 11 is 0. The van der Waals surface area contributed by atoms with E-state index in [1.54, 1.807) is 0 Å². The molecule has 1 radical (unpaired) electrons. The summed E-state index contributed by atoms with van der Waals surface area (Å²) in [5.74, 6) is 0. The van der Waals surface area contributed by atoms with Gasteiger partial charge in [-0.3, -0.25) is 0 Å². The first kappa shape index (κ1) is 11.1. The number of hydrogen-bond donors (Lipinski definition) is 0. The minimum absolute atomic E-state index is 0.519. The van der Waals surface area contributed by atoms with Crippen LogP contribution in [0.4, 0.5) is 0 Å². The molecule has 0 aromatic rings. The van der Waals surface area contributed by atoms with Crippen LogP contribution in [-0.4, -0.2) is 6.04 Å². The maximum Gasteiger partial charge on any atom is 0.134 e. The highest BCUT2D eigenvalue weighted by molar-refractivity contribution is 5.04. The van der Waals surface area contributed by atoms with Gasteiger partial charge in [0.15, 0.2) is 0 Å². The fraction of sp³-hybridized carbons (Fsp3) is 0.923. The van der Waals surface area contributed by atoms with Crippen LogP contribution in [0, 0.1) is 6.04 Å². The molecule has 1 aliphatic heterocycles. The number of fused-ring (bicyclic) bond motifs is 1.